The molecule has 16 heteroatoms. The third-order valence-electron chi connectivity index (χ3n) is 7.61. The molecule has 0 saturated carbocycles. The maximum atomic E-state index is 13.7. The summed E-state index contributed by atoms with van der Waals surface area (Å²) in [4.78, 5) is 40.9. The van der Waals surface area contributed by atoms with Crippen molar-refractivity contribution in [2.45, 2.75) is 64.6 Å². The number of carbonyl (C=O) groups excluding carboxylic acids is 2. The van der Waals surface area contributed by atoms with Crippen LogP contribution in [0.25, 0.3) is 5.57 Å². The standard InChI is InChI=1S/C30H37F6N7O3/c1-6-23-10-24(16-43(23)27(45)46-17-28(2,3)25(44)39-5)42(26-40-13-20(14-41-26)19(11-37)12-38-4)15-18-7-21(29(31,32)33)9-22(8-18)30(34,35)36/h7-9,11-14,23-24H,6,10,15-17,37H2,1-5H3,(H,39,44)/t23-,24+/m1/s1. The fraction of sp³-hybridized carbons (Fsp3) is 0.500. The zero-order chi connectivity index (χ0) is 34.4. The van der Waals surface area contributed by atoms with Crippen LogP contribution in [0.4, 0.5) is 37.1 Å². The smallest absolute Gasteiger partial charge is 0.416 e. The Morgan fingerprint density at radius 3 is 2.17 bits per heavy atom. The van der Waals surface area contributed by atoms with Crippen molar-refractivity contribution in [1.82, 2.24) is 20.2 Å². The summed E-state index contributed by atoms with van der Waals surface area (Å²) >= 11 is 0. The van der Waals surface area contributed by atoms with Gasteiger partial charge in [0, 0.05) is 69.2 Å². The van der Waals surface area contributed by atoms with Crippen molar-refractivity contribution >= 4 is 29.7 Å². The molecular weight excluding hydrogens is 620 g/mol. The van der Waals surface area contributed by atoms with Gasteiger partial charge in [0.25, 0.3) is 0 Å². The van der Waals surface area contributed by atoms with Gasteiger partial charge in [-0.15, -0.1) is 0 Å². The van der Waals surface area contributed by atoms with Gasteiger partial charge in [-0.1, -0.05) is 6.92 Å². The summed E-state index contributed by atoms with van der Waals surface area (Å²) in [6.45, 7) is 4.39. The SMILES string of the molecule is CC[C@@H]1C[C@H](N(Cc2cc(C(F)(F)F)cc(C(F)(F)F)c2)c2ncc(C(C=NC)=CN)cn2)CN1C(=O)OCC(C)(C)C(=O)NC. The molecule has 1 aromatic heterocycles. The summed E-state index contributed by atoms with van der Waals surface area (Å²) < 4.78 is 87.5. The Morgan fingerprint density at radius 1 is 1.11 bits per heavy atom. The number of hydrogen-bond acceptors (Lipinski definition) is 8. The number of anilines is 1. The Morgan fingerprint density at radius 2 is 1.70 bits per heavy atom. The lowest BCUT2D eigenvalue weighted by atomic mass is 9.94. The first kappa shape index (κ1) is 36.1. The number of benzene rings is 1. The van der Waals surface area contributed by atoms with Crippen LogP contribution < -0.4 is 16.0 Å². The van der Waals surface area contributed by atoms with Crippen molar-refractivity contribution in [2.75, 3.05) is 32.1 Å². The van der Waals surface area contributed by atoms with E-state index in [9.17, 15) is 35.9 Å². The summed E-state index contributed by atoms with van der Waals surface area (Å²) in [7, 11) is 2.99. The minimum absolute atomic E-state index is 0.00435. The normalized spacial score (nSPS) is 17.8. The highest BCUT2D eigenvalue weighted by Gasteiger charge is 2.41. The van der Waals surface area contributed by atoms with Crippen LogP contribution in [0, 0.1) is 5.41 Å². The number of amides is 2. The lowest BCUT2D eigenvalue weighted by molar-refractivity contribution is -0.143. The fourth-order valence-electron chi connectivity index (χ4n) is 5.10. The summed E-state index contributed by atoms with van der Waals surface area (Å²) in [5.41, 5.74) is 2.41. The molecule has 2 aromatic rings. The first-order chi connectivity index (χ1) is 21.4. The van der Waals surface area contributed by atoms with Crippen LogP contribution in [-0.2, 0) is 28.4 Å². The fourth-order valence-corrected chi connectivity index (χ4v) is 5.10. The van der Waals surface area contributed by atoms with E-state index >= 15 is 0 Å². The molecule has 2 heterocycles. The van der Waals surface area contributed by atoms with Crippen LogP contribution in [0.2, 0.25) is 0 Å². The number of carbonyl (C=O) groups is 2. The second-order valence-corrected chi connectivity index (χ2v) is 11.4. The van der Waals surface area contributed by atoms with Crippen molar-refractivity contribution in [2.24, 2.45) is 16.1 Å². The number of alkyl halides is 6. The average Bonchev–Trinajstić information content (AvgIpc) is 3.44. The maximum Gasteiger partial charge on any atom is 0.416 e. The number of aliphatic imine (C=N–C) groups is 1. The molecule has 252 valence electrons. The Balaban J connectivity index is 2.03. The zero-order valence-electron chi connectivity index (χ0n) is 26.0. The van der Waals surface area contributed by atoms with Gasteiger partial charge in [0.1, 0.15) is 6.61 Å². The van der Waals surface area contributed by atoms with Crippen LogP contribution >= 0.6 is 0 Å². The molecule has 3 rings (SSSR count). The van der Waals surface area contributed by atoms with Gasteiger partial charge in [-0.25, -0.2) is 14.8 Å². The predicted octanol–water partition coefficient (Wildman–Crippen LogP) is 5.28. The Labute approximate surface area is 262 Å². The van der Waals surface area contributed by atoms with E-state index in [0.29, 0.717) is 29.7 Å². The molecular formula is C30H37F6N7O3. The van der Waals surface area contributed by atoms with Crippen molar-refractivity contribution in [1.29, 1.82) is 0 Å². The number of ether oxygens (including phenoxy) is 1. The van der Waals surface area contributed by atoms with Gasteiger partial charge < -0.3 is 25.6 Å². The van der Waals surface area contributed by atoms with E-state index in [4.69, 9.17) is 10.5 Å². The quantitative estimate of drug-likeness (QED) is 0.263. The molecule has 0 bridgehead atoms. The second kappa shape index (κ2) is 14.4. The molecule has 0 aliphatic carbocycles. The van der Waals surface area contributed by atoms with E-state index in [2.05, 4.69) is 20.3 Å². The van der Waals surface area contributed by atoms with Gasteiger partial charge in [-0.05, 0) is 50.5 Å². The minimum Gasteiger partial charge on any atom is -0.448 e. The van der Waals surface area contributed by atoms with E-state index in [1.54, 1.807) is 13.8 Å². The molecule has 2 amide bonds. The van der Waals surface area contributed by atoms with Gasteiger partial charge in [-0.3, -0.25) is 9.79 Å². The van der Waals surface area contributed by atoms with Crippen molar-refractivity contribution in [3.05, 3.63) is 59.0 Å². The summed E-state index contributed by atoms with van der Waals surface area (Å²) in [5, 5.41) is 2.51. The molecule has 1 aliphatic rings. The van der Waals surface area contributed by atoms with E-state index in [1.165, 1.54) is 48.7 Å². The number of nitrogens with one attached hydrogen (secondary N) is 1. The largest absolute Gasteiger partial charge is 0.448 e. The zero-order valence-corrected chi connectivity index (χ0v) is 26.0. The molecule has 1 aromatic carbocycles. The summed E-state index contributed by atoms with van der Waals surface area (Å²) in [5.74, 6) is -0.328. The molecule has 0 spiro atoms. The van der Waals surface area contributed by atoms with Crippen LogP contribution in [0.15, 0.2) is 41.8 Å². The van der Waals surface area contributed by atoms with E-state index < -0.39 is 47.6 Å². The Kier molecular flexibility index (Phi) is 11.3. The highest BCUT2D eigenvalue weighted by atomic mass is 19.4. The van der Waals surface area contributed by atoms with Gasteiger partial charge in [0.2, 0.25) is 11.9 Å². The molecule has 10 nitrogen and oxygen atoms in total. The molecule has 3 N–H and O–H groups in total. The van der Waals surface area contributed by atoms with Crippen LogP contribution in [0.5, 0.6) is 0 Å². The number of aromatic nitrogens is 2. The molecule has 0 radical (unpaired) electrons. The van der Waals surface area contributed by atoms with E-state index in [-0.39, 0.29) is 49.1 Å². The topological polar surface area (TPSA) is 126 Å². The Bertz CT molecular complexity index is 1410. The first-order valence-electron chi connectivity index (χ1n) is 14.3. The van der Waals surface area contributed by atoms with Gasteiger partial charge >= 0.3 is 18.4 Å². The highest BCUT2D eigenvalue weighted by Crippen LogP contribution is 2.37. The minimum atomic E-state index is -5.03. The van der Waals surface area contributed by atoms with Crippen LogP contribution in [-0.4, -0.2) is 72.4 Å². The first-order valence-corrected chi connectivity index (χ1v) is 14.3. The van der Waals surface area contributed by atoms with Gasteiger partial charge in [-0.2, -0.15) is 26.3 Å². The average molecular weight is 658 g/mol. The van der Waals surface area contributed by atoms with Gasteiger partial charge in [0.15, 0.2) is 0 Å². The predicted molar refractivity (Wildman–Crippen MR) is 160 cm³/mol. The highest BCUT2D eigenvalue weighted by molar-refractivity contribution is 6.09. The number of likely N-dealkylation sites (tertiary alicyclic amines) is 1. The second-order valence-electron chi connectivity index (χ2n) is 11.4. The molecule has 1 fully saturated rings. The van der Waals surface area contributed by atoms with Crippen LogP contribution in [0.3, 0.4) is 0 Å². The number of allylic oxidation sites excluding steroid dienone is 1. The number of nitrogens with zero attached hydrogens (tertiary/aromatic N) is 5. The summed E-state index contributed by atoms with van der Waals surface area (Å²) in [6, 6.07) is 0.365. The third-order valence-corrected chi connectivity index (χ3v) is 7.61. The number of nitrogens with two attached hydrogens (primary N) is 1. The molecule has 46 heavy (non-hydrogen) atoms. The third kappa shape index (κ3) is 8.66. The van der Waals surface area contributed by atoms with Crippen molar-refractivity contribution < 1.29 is 40.7 Å². The maximum absolute atomic E-state index is 13.7. The molecule has 1 saturated heterocycles. The monoisotopic (exact) mass is 657 g/mol. The Hall–Kier alpha value is -4.37. The lowest BCUT2D eigenvalue weighted by Gasteiger charge is -2.30. The van der Waals surface area contributed by atoms with Crippen LogP contribution in [0.1, 0.15) is 55.9 Å². The molecule has 0 unspecified atom stereocenters. The molecule has 2 atom stereocenters. The van der Waals surface area contributed by atoms with Crippen molar-refractivity contribution in [3.63, 3.8) is 0 Å². The number of rotatable bonds is 10. The van der Waals surface area contributed by atoms with E-state index in [1.807, 2.05) is 6.92 Å². The molecule has 1 aliphatic heterocycles. The van der Waals surface area contributed by atoms with Gasteiger partial charge in [0.05, 0.1) is 22.6 Å². The summed E-state index contributed by atoms with van der Waals surface area (Å²) in [6.07, 6.45) is -4.46. The number of hydrogen-bond donors (Lipinski definition) is 2. The lowest BCUT2D eigenvalue weighted by Crippen LogP contribution is -2.43. The number of halogens is 6. The van der Waals surface area contributed by atoms with Crippen molar-refractivity contribution in [3.8, 4) is 0 Å². The van der Waals surface area contributed by atoms with E-state index in [0.717, 1.165) is 0 Å².